The van der Waals surface area contributed by atoms with Gasteiger partial charge in [0.25, 0.3) is 0 Å². The average molecular weight is 612 g/mol. The Labute approximate surface area is 259 Å². The van der Waals surface area contributed by atoms with Crippen LogP contribution >= 0.6 is 0 Å². The molecule has 1 aliphatic carbocycles. The van der Waals surface area contributed by atoms with Crippen molar-refractivity contribution in [3.63, 3.8) is 0 Å². The van der Waals surface area contributed by atoms with Crippen LogP contribution in [-0.2, 0) is 19.0 Å². The zero-order chi connectivity index (χ0) is 31.6. The maximum absolute atomic E-state index is 14.0. The summed E-state index contributed by atoms with van der Waals surface area (Å²) in [5.74, 6) is 0.585. The lowest BCUT2D eigenvalue weighted by Gasteiger charge is -2.27. The molecule has 0 bridgehead atoms. The third-order valence-corrected chi connectivity index (χ3v) is 8.76. The summed E-state index contributed by atoms with van der Waals surface area (Å²) in [6.45, 7) is 0. The molecule has 0 spiro atoms. The highest BCUT2D eigenvalue weighted by Gasteiger charge is 2.34. The Bertz CT molecular complexity index is 1920. The fourth-order valence-corrected chi connectivity index (χ4v) is 6.58. The lowest BCUT2D eigenvalue weighted by atomic mass is 9.77. The summed E-state index contributed by atoms with van der Waals surface area (Å²) in [5.41, 5.74) is 1.93. The van der Waals surface area contributed by atoms with Gasteiger partial charge in [-0.05, 0) is 112 Å². The van der Waals surface area contributed by atoms with Gasteiger partial charge in [0.15, 0.2) is 0 Å². The molecule has 1 unspecified atom stereocenters. The standard InChI is InChI=1S/C29H26F4O2.C9H7N/c1-34-26-8-4-7-22-21-13-12-19-18(5-3-6-20(19)23(21)16-27(35-2)28(22)26)11-9-17-10-14-24(25(30)15-17)29(31,32)33;1-2-4-9-7-10-6-5-8(9)3-1/h4,7-8,10,12-16,18H,3,5-6,9,11H2,1-2H3;1-7H. The Balaban J connectivity index is 0.000000301. The number of methoxy groups -OCH3 is 2. The number of hydrogen-bond donors (Lipinski definition) is 0. The molecular formula is C38H33F4NO2. The van der Waals surface area contributed by atoms with Crippen molar-refractivity contribution < 1.29 is 27.0 Å². The van der Waals surface area contributed by atoms with Crippen LogP contribution in [0.3, 0.4) is 0 Å². The number of alkyl halides is 3. The molecule has 1 aromatic heterocycles. The quantitative estimate of drug-likeness (QED) is 0.144. The molecule has 0 aliphatic heterocycles. The monoisotopic (exact) mass is 611 g/mol. The van der Waals surface area contributed by atoms with Crippen LogP contribution in [-0.4, -0.2) is 19.2 Å². The average Bonchev–Trinajstić information content (AvgIpc) is 3.06. The molecule has 0 saturated heterocycles. The summed E-state index contributed by atoms with van der Waals surface area (Å²) in [4.78, 5) is 4.01. The van der Waals surface area contributed by atoms with Gasteiger partial charge < -0.3 is 9.47 Å². The Morgan fingerprint density at radius 2 is 1.60 bits per heavy atom. The van der Waals surface area contributed by atoms with E-state index < -0.39 is 17.6 Å². The van der Waals surface area contributed by atoms with Crippen molar-refractivity contribution in [3.05, 3.63) is 125 Å². The zero-order valence-electron chi connectivity index (χ0n) is 25.1. The molecule has 1 heterocycles. The molecule has 0 radical (unpaired) electrons. The lowest BCUT2D eigenvalue weighted by molar-refractivity contribution is -0.140. The summed E-state index contributed by atoms with van der Waals surface area (Å²) in [7, 11) is 3.31. The van der Waals surface area contributed by atoms with Crippen molar-refractivity contribution in [1.29, 1.82) is 0 Å². The van der Waals surface area contributed by atoms with Crippen LogP contribution in [0.2, 0.25) is 0 Å². The first kappa shape index (κ1) is 30.4. The van der Waals surface area contributed by atoms with Crippen molar-refractivity contribution >= 4 is 32.3 Å². The van der Waals surface area contributed by atoms with Crippen LogP contribution in [0.25, 0.3) is 32.3 Å². The van der Waals surface area contributed by atoms with Crippen molar-refractivity contribution in [2.75, 3.05) is 14.2 Å². The normalized spacial score (nSPS) is 14.6. The second-order valence-electron chi connectivity index (χ2n) is 11.4. The molecule has 0 fully saturated rings. The topological polar surface area (TPSA) is 31.4 Å². The second-order valence-corrected chi connectivity index (χ2v) is 11.4. The molecule has 1 aliphatic rings. The summed E-state index contributed by atoms with van der Waals surface area (Å²) in [6, 6.07) is 25.9. The van der Waals surface area contributed by atoms with Crippen LogP contribution < -0.4 is 9.47 Å². The van der Waals surface area contributed by atoms with Crippen molar-refractivity contribution in [2.45, 2.75) is 44.2 Å². The number of benzene rings is 5. The Morgan fingerprint density at radius 3 is 2.33 bits per heavy atom. The minimum absolute atomic E-state index is 0.264. The van der Waals surface area contributed by atoms with Crippen molar-refractivity contribution in [1.82, 2.24) is 4.98 Å². The van der Waals surface area contributed by atoms with E-state index in [1.165, 1.54) is 28.0 Å². The molecule has 230 valence electrons. The SMILES string of the molecule is COc1cccc2c1c(OC)cc1c3c(ccc12)C(CCc1ccc(C(F)(F)F)c(F)c1)CCC3.c1ccc2cnccc2c1. The van der Waals surface area contributed by atoms with E-state index in [-0.39, 0.29) is 5.92 Å². The van der Waals surface area contributed by atoms with E-state index in [4.69, 9.17) is 9.47 Å². The molecule has 6 aromatic rings. The van der Waals surface area contributed by atoms with Crippen LogP contribution in [0.4, 0.5) is 17.6 Å². The number of nitrogens with zero attached hydrogens (tertiary/aromatic N) is 1. The number of aryl methyl sites for hydroxylation is 2. The molecule has 3 nitrogen and oxygen atoms in total. The molecule has 1 atom stereocenters. The predicted octanol–water partition coefficient (Wildman–Crippen LogP) is 10.5. The molecule has 0 N–H and O–H groups in total. The predicted molar refractivity (Wildman–Crippen MR) is 172 cm³/mol. The largest absolute Gasteiger partial charge is 0.496 e. The van der Waals surface area contributed by atoms with Gasteiger partial charge in [-0.1, -0.05) is 54.6 Å². The zero-order valence-corrected chi connectivity index (χ0v) is 25.1. The lowest BCUT2D eigenvalue weighted by Crippen LogP contribution is -2.12. The minimum atomic E-state index is -4.68. The Hall–Kier alpha value is -4.65. The molecule has 45 heavy (non-hydrogen) atoms. The Morgan fingerprint density at radius 1 is 0.800 bits per heavy atom. The number of hydrogen-bond acceptors (Lipinski definition) is 3. The van der Waals surface area contributed by atoms with Gasteiger partial charge in [-0.25, -0.2) is 4.39 Å². The minimum Gasteiger partial charge on any atom is -0.496 e. The van der Waals surface area contributed by atoms with Crippen LogP contribution in [0.1, 0.15) is 47.4 Å². The number of aromatic nitrogens is 1. The van der Waals surface area contributed by atoms with E-state index in [2.05, 4.69) is 41.4 Å². The molecular weight excluding hydrogens is 578 g/mol. The second kappa shape index (κ2) is 12.8. The maximum Gasteiger partial charge on any atom is 0.419 e. The van der Waals surface area contributed by atoms with E-state index in [1.54, 1.807) is 14.2 Å². The molecule has 7 heteroatoms. The molecule has 0 saturated carbocycles. The van der Waals surface area contributed by atoms with Crippen LogP contribution in [0, 0.1) is 5.82 Å². The van der Waals surface area contributed by atoms with Crippen LogP contribution in [0.5, 0.6) is 11.5 Å². The first-order valence-electron chi connectivity index (χ1n) is 15.0. The third kappa shape index (κ3) is 6.17. The maximum atomic E-state index is 14.0. The number of halogens is 4. The summed E-state index contributed by atoms with van der Waals surface area (Å²) >= 11 is 0. The van der Waals surface area contributed by atoms with E-state index in [1.807, 2.05) is 42.7 Å². The smallest absolute Gasteiger partial charge is 0.419 e. The first-order chi connectivity index (χ1) is 21.8. The van der Waals surface area contributed by atoms with Gasteiger partial charge in [-0.2, -0.15) is 13.2 Å². The van der Waals surface area contributed by atoms with Gasteiger partial charge in [-0.15, -0.1) is 0 Å². The van der Waals surface area contributed by atoms with Gasteiger partial charge in [0.1, 0.15) is 17.3 Å². The van der Waals surface area contributed by atoms with Crippen molar-refractivity contribution in [2.24, 2.45) is 0 Å². The number of fused-ring (bicyclic) bond motifs is 6. The summed E-state index contributed by atoms with van der Waals surface area (Å²) < 4.78 is 64.0. The van der Waals surface area contributed by atoms with Gasteiger partial charge in [0.2, 0.25) is 0 Å². The summed E-state index contributed by atoms with van der Waals surface area (Å²) in [6.07, 6.45) is 3.25. The van der Waals surface area contributed by atoms with Gasteiger partial charge in [0, 0.05) is 12.4 Å². The number of rotatable bonds is 5. The first-order valence-corrected chi connectivity index (χ1v) is 15.0. The number of ether oxygens (including phenoxy) is 2. The highest BCUT2D eigenvalue weighted by Crippen LogP contribution is 2.44. The number of pyridine rings is 1. The highest BCUT2D eigenvalue weighted by atomic mass is 19.4. The fourth-order valence-electron chi connectivity index (χ4n) is 6.58. The van der Waals surface area contributed by atoms with E-state index in [0.29, 0.717) is 12.0 Å². The van der Waals surface area contributed by atoms with Crippen LogP contribution in [0.15, 0.2) is 97.3 Å². The van der Waals surface area contributed by atoms with E-state index >= 15 is 0 Å². The van der Waals surface area contributed by atoms with E-state index in [9.17, 15) is 17.6 Å². The van der Waals surface area contributed by atoms with Gasteiger partial charge in [0.05, 0.1) is 25.2 Å². The van der Waals surface area contributed by atoms with Gasteiger partial charge >= 0.3 is 6.18 Å². The van der Waals surface area contributed by atoms with E-state index in [0.717, 1.165) is 70.9 Å². The summed E-state index contributed by atoms with van der Waals surface area (Å²) in [5, 5.41) is 6.77. The Kier molecular flexibility index (Phi) is 8.61. The highest BCUT2D eigenvalue weighted by molar-refractivity contribution is 6.13. The third-order valence-electron chi connectivity index (χ3n) is 8.76. The van der Waals surface area contributed by atoms with Gasteiger partial charge in [-0.3, -0.25) is 4.98 Å². The molecule has 5 aromatic carbocycles. The van der Waals surface area contributed by atoms with Crippen molar-refractivity contribution in [3.8, 4) is 11.5 Å². The molecule has 7 rings (SSSR count). The molecule has 0 amide bonds. The fraction of sp³-hybridized carbons (Fsp3) is 0.237.